The summed E-state index contributed by atoms with van der Waals surface area (Å²) in [4.78, 5) is 27.8. The highest BCUT2D eigenvalue weighted by Gasteiger charge is 2.22. The van der Waals surface area contributed by atoms with Crippen molar-refractivity contribution >= 4 is 34.8 Å². The van der Waals surface area contributed by atoms with Crippen molar-refractivity contribution in [1.29, 1.82) is 0 Å². The molecule has 1 heterocycles. The molecule has 1 aliphatic heterocycles. The van der Waals surface area contributed by atoms with E-state index in [1.165, 1.54) is 0 Å². The standard InChI is InChI=1S/C24H30ClN3O2/c1-16(2)15-26-24(30)21-14-20(27-23(29)18-4-6-19(25)7-5-18)8-9-22(21)28-12-10-17(3)11-13-28/h4-9,14,16-17H,10-13,15H2,1-3H3,(H,26,30)(H,27,29). The lowest BCUT2D eigenvalue weighted by atomic mass is 9.97. The zero-order valence-electron chi connectivity index (χ0n) is 17.9. The van der Waals surface area contributed by atoms with Gasteiger partial charge in [0, 0.05) is 41.6 Å². The van der Waals surface area contributed by atoms with Crippen molar-refractivity contribution < 1.29 is 9.59 Å². The van der Waals surface area contributed by atoms with Gasteiger partial charge in [0.2, 0.25) is 0 Å². The highest BCUT2D eigenvalue weighted by atomic mass is 35.5. The number of carbonyl (C=O) groups excluding carboxylic acids is 2. The van der Waals surface area contributed by atoms with Crippen molar-refractivity contribution in [3.05, 3.63) is 58.6 Å². The van der Waals surface area contributed by atoms with Crippen LogP contribution < -0.4 is 15.5 Å². The van der Waals surface area contributed by atoms with Gasteiger partial charge in [-0.15, -0.1) is 0 Å². The fourth-order valence-corrected chi connectivity index (χ4v) is 3.64. The minimum atomic E-state index is -0.236. The van der Waals surface area contributed by atoms with E-state index in [4.69, 9.17) is 11.6 Å². The van der Waals surface area contributed by atoms with Crippen molar-refractivity contribution in [3.8, 4) is 0 Å². The number of piperidine rings is 1. The third-order valence-corrected chi connectivity index (χ3v) is 5.65. The van der Waals surface area contributed by atoms with Crippen LogP contribution in [0.2, 0.25) is 5.02 Å². The van der Waals surface area contributed by atoms with Crippen LogP contribution in [0.4, 0.5) is 11.4 Å². The van der Waals surface area contributed by atoms with Crippen LogP contribution in [0.25, 0.3) is 0 Å². The summed E-state index contributed by atoms with van der Waals surface area (Å²) < 4.78 is 0. The van der Waals surface area contributed by atoms with Crippen molar-refractivity contribution in [3.63, 3.8) is 0 Å². The minimum absolute atomic E-state index is 0.111. The summed E-state index contributed by atoms with van der Waals surface area (Å²) in [5.41, 5.74) is 2.63. The van der Waals surface area contributed by atoms with Crippen molar-refractivity contribution in [2.45, 2.75) is 33.6 Å². The fraction of sp³-hybridized carbons (Fsp3) is 0.417. The first kappa shape index (κ1) is 22.2. The second kappa shape index (κ2) is 9.98. The molecular formula is C24H30ClN3O2. The van der Waals surface area contributed by atoms with Crippen LogP contribution in [-0.2, 0) is 0 Å². The lowest BCUT2D eigenvalue weighted by molar-refractivity contribution is 0.0948. The predicted octanol–water partition coefficient (Wildman–Crippen LogP) is 5.21. The SMILES string of the molecule is CC(C)CNC(=O)c1cc(NC(=O)c2ccc(Cl)cc2)ccc1N1CCC(C)CC1. The van der Waals surface area contributed by atoms with Gasteiger partial charge in [-0.3, -0.25) is 9.59 Å². The van der Waals surface area contributed by atoms with E-state index in [-0.39, 0.29) is 11.8 Å². The maximum atomic E-state index is 13.0. The van der Waals surface area contributed by atoms with Crippen LogP contribution in [-0.4, -0.2) is 31.4 Å². The number of hydrogen-bond acceptors (Lipinski definition) is 3. The molecule has 6 heteroatoms. The first-order chi connectivity index (χ1) is 14.3. The van der Waals surface area contributed by atoms with E-state index in [2.05, 4.69) is 36.3 Å². The zero-order chi connectivity index (χ0) is 21.7. The Morgan fingerprint density at radius 3 is 2.37 bits per heavy atom. The molecule has 0 saturated carbocycles. The Hall–Kier alpha value is -2.53. The maximum absolute atomic E-state index is 13.0. The van der Waals surface area contributed by atoms with Crippen molar-refractivity contribution in [2.75, 3.05) is 29.9 Å². The lowest BCUT2D eigenvalue weighted by Gasteiger charge is -2.33. The number of amides is 2. The molecule has 30 heavy (non-hydrogen) atoms. The van der Waals surface area contributed by atoms with Gasteiger partial charge in [-0.1, -0.05) is 32.4 Å². The molecule has 0 bridgehead atoms. The van der Waals surface area contributed by atoms with Gasteiger partial charge in [0.1, 0.15) is 0 Å². The summed E-state index contributed by atoms with van der Waals surface area (Å²) in [6.45, 7) is 8.87. The molecule has 2 N–H and O–H groups in total. The van der Waals surface area contributed by atoms with Crippen LogP contribution in [0, 0.1) is 11.8 Å². The van der Waals surface area contributed by atoms with E-state index in [1.807, 2.05) is 12.1 Å². The Kier molecular flexibility index (Phi) is 7.38. The van der Waals surface area contributed by atoms with Crippen LogP contribution in [0.5, 0.6) is 0 Å². The van der Waals surface area contributed by atoms with E-state index in [0.29, 0.717) is 40.2 Å². The van der Waals surface area contributed by atoms with Gasteiger partial charge in [0.05, 0.1) is 5.56 Å². The summed E-state index contributed by atoms with van der Waals surface area (Å²) in [6.07, 6.45) is 2.23. The number of hydrogen-bond donors (Lipinski definition) is 2. The Morgan fingerprint density at radius 1 is 1.07 bits per heavy atom. The number of benzene rings is 2. The average Bonchev–Trinajstić information content (AvgIpc) is 2.73. The molecule has 0 unspecified atom stereocenters. The molecule has 1 aliphatic rings. The van der Waals surface area contributed by atoms with Gasteiger partial charge in [-0.05, 0) is 67.1 Å². The molecule has 0 atom stereocenters. The van der Waals surface area contributed by atoms with Gasteiger partial charge >= 0.3 is 0 Å². The lowest BCUT2D eigenvalue weighted by Crippen LogP contribution is -2.35. The topological polar surface area (TPSA) is 61.4 Å². The van der Waals surface area contributed by atoms with Crippen LogP contribution in [0.3, 0.4) is 0 Å². The molecule has 0 spiro atoms. The number of halogens is 1. The largest absolute Gasteiger partial charge is 0.371 e. The zero-order valence-corrected chi connectivity index (χ0v) is 18.6. The Labute approximate surface area is 183 Å². The maximum Gasteiger partial charge on any atom is 0.255 e. The molecule has 1 fully saturated rings. The number of carbonyl (C=O) groups is 2. The summed E-state index contributed by atoms with van der Waals surface area (Å²) in [6, 6.07) is 12.3. The number of nitrogens with zero attached hydrogens (tertiary/aromatic N) is 1. The number of anilines is 2. The summed E-state index contributed by atoms with van der Waals surface area (Å²) >= 11 is 5.90. The third kappa shape index (κ3) is 5.76. The van der Waals surface area contributed by atoms with Crippen LogP contribution in [0.15, 0.2) is 42.5 Å². The molecule has 160 valence electrons. The first-order valence-corrected chi connectivity index (χ1v) is 11.0. The van der Waals surface area contributed by atoms with Crippen molar-refractivity contribution in [1.82, 2.24) is 5.32 Å². The van der Waals surface area contributed by atoms with Crippen molar-refractivity contribution in [2.24, 2.45) is 11.8 Å². The summed E-state index contributed by atoms with van der Waals surface area (Å²) in [5.74, 6) is 0.720. The molecule has 0 aromatic heterocycles. The second-order valence-electron chi connectivity index (χ2n) is 8.47. The predicted molar refractivity (Wildman–Crippen MR) is 124 cm³/mol. The Bertz CT molecular complexity index is 888. The molecule has 2 aromatic rings. The van der Waals surface area contributed by atoms with E-state index in [0.717, 1.165) is 31.6 Å². The number of rotatable bonds is 6. The normalized spacial score (nSPS) is 14.6. The first-order valence-electron chi connectivity index (χ1n) is 10.6. The quantitative estimate of drug-likeness (QED) is 0.664. The highest BCUT2D eigenvalue weighted by molar-refractivity contribution is 6.30. The van der Waals surface area contributed by atoms with Crippen LogP contribution in [0.1, 0.15) is 54.3 Å². The van der Waals surface area contributed by atoms with Gasteiger partial charge in [0.25, 0.3) is 11.8 Å². The molecular weight excluding hydrogens is 398 g/mol. The smallest absolute Gasteiger partial charge is 0.255 e. The number of nitrogens with one attached hydrogen (secondary N) is 2. The molecule has 3 rings (SSSR count). The fourth-order valence-electron chi connectivity index (χ4n) is 3.52. The van der Waals surface area contributed by atoms with E-state index in [9.17, 15) is 9.59 Å². The third-order valence-electron chi connectivity index (χ3n) is 5.40. The second-order valence-corrected chi connectivity index (χ2v) is 8.90. The van der Waals surface area contributed by atoms with Crippen LogP contribution >= 0.6 is 11.6 Å². The molecule has 2 aromatic carbocycles. The van der Waals surface area contributed by atoms with Gasteiger partial charge < -0.3 is 15.5 Å². The monoisotopic (exact) mass is 427 g/mol. The molecule has 0 radical (unpaired) electrons. The summed E-state index contributed by atoms with van der Waals surface area (Å²) in [7, 11) is 0. The average molecular weight is 428 g/mol. The highest BCUT2D eigenvalue weighted by Crippen LogP contribution is 2.29. The summed E-state index contributed by atoms with van der Waals surface area (Å²) in [5, 5.41) is 6.49. The van der Waals surface area contributed by atoms with E-state index in [1.54, 1.807) is 30.3 Å². The minimum Gasteiger partial charge on any atom is -0.371 e. The van der Waals surface area contributed by atoms with Gasteiger partial charge in [-0.25, -0.2) is 0 Å². The molecule has 2 amide bonds. The Balaban J connectivity index is 1.84. The van der Waals surface area contributed by atoms with Gasteiger partial charge in [0.15, 0.2) is 0 Å². The Morgan fingerprint density at radius 2 is 1.73 bits per heavy atom. The van der Waals surface area contributed by atoms with E-state index >= 15 is 0 Å². The molecule has 5 nitrogen and oxygen atoms in total. The molecule has 0 aliphatic carbocycles. The van der Waals surface area contributed by atoms with Gasteiger partial charge in [-0.2, -0.15) is 0 Å². The van der Waals surface area contributed by atoms with E-state index < -0.39 is 0 Å². The molecule has 1 saturated heterocycles.